The second kappa shape index (κ2) is 5.85. The van der Waals surface area contributed by atoms with E-state index in [-0.39, 0.29) is 11.6 Å². The maximum absolute atomic E-state index is 13.9. The van der Waals surface area contributed by atoms with Gasteiger partial charge in [0.25, 0.3) is 0 Å². The third kappa shape index (κ3) is 3.32. The Balaban J connectivity index is 2.25. The van der Waals surface area contributed by atoms with Crippen LogP contribution in [0.3, 0.4) is 0 Å². The predicted octanol–water partition coefficient (Wildman–Crippen LogP) is 3.74. The van der Waals surface area contributed by atoms with Crippen molar-refractivity contribution in [2.45, 2.75) is 20.3 Å². The molecule has 0 aromatic heterocycles. The lowest BCUT2D eigenvalue weighted by atomic mass is 10.1. The van der Waals surface area contributed by atoms with Gasteiger partial charge in [0.15, 0.2) is 11.6 Å². The van der Waals surface area contributed by atoms with Gasteiger partial charge in [0.1, 0.15) is 5.75 Å². The quantitative estimate of drug-likeness (QED) is 0.907. The average molecular weight is 259 g/mol. The minimum Gasteiger partial charge on any atom is -0.454 e. The van der Waals surface area contributed by atoms with Crippen LogP contribution < -0.4 is 10.5 Å². The summed E-state index contributed by atoms with van der Waals surface area (Å²) in [5, 5.41) is 0. The number of halogens is 1. The molecule has 0 bridgehead atoms. The molecule has 0 heterocycles. The Morgan fingerprint density at radius 3 is 2.53 bits per heavy atom. The highest BCUT2D eigenvalue weighted by Gasteiger charge is 2.08. The minimum atomic E-state index is -0.355. The molecule has 0 amide bonds. The van der Waals surface area contributed by atoms with E-state index in [0.29, 0.717) is 18.7 Å². The molecule has 2 nitrogen and oxygen atoms in total. The van der Waals surface area contributed by atoms with Gasteiger partial charge in [-0.2, -0.15) is 0 Å². The maximum atomic E-state index is 13.9. The van der Waals surface area contributed by atoms with Crippen LogP contribution in [-0.2, 0) is 6.42 Å². The third-order valence-corrected chi connectivity index (χ3v) is 2.99. The number of hydrogen-bond donors (Lipinski definition) is 1. The van der Waals surface area contributed by atoms with Crippen molar-refractivity contribution in [2.75, 3.05) is 6.54 Å². The number of nitrogens with two attached hydrogens (primary N) is 1. The zero-order chi connectivity index (χ0) is 13.8. The zero-order valence-corrected chi connectivity index (χ0v) is 11.2. The molecule has 0 spiro atoms. The first-order valence-electron chi connectivity index (χ1n) is 6.34. The number of aryl methyl sites for hydroxylation is 2. The Hall–Kier alpha value is -1.87. The summed E-state index contributed by atoms with van der Waals surface area (Å²) in [6.07, 6.45) is 0.667. The summed E-state index contributed by atoms with van der Waals surface area (Å²) < 4.78 is 19.6. The second-order valence-corrected chi connectivity index (χ2v) is 4.67. The molecule has 100 valence electrons. The standard InChI is InChI=1S/C16H18FNO/c1-11-3-4-12(2)16(9-11)19-15-6-5-13(7-8-18)10-14(15)17/h3-6,9-10H,7-8,18H2,1-2H3. The first-order chi connectivity index (χ1) is 9.10. The van der Waals surface area contributed by atoms with Crippen molar-refractivity contribution < 1.29 is 9.13 Å². The largest absolute Gasteiger partial charge is 0.454 e. The average Bonchev–Trinajstić information content (AvgIpc) is 2.37. The summed E-state index contributed by atoms with van der Waals surface area (Å²) in [5.41, 5.74) is 8.40. The number of hydrogen-bond acceptors (Lipinski definition) is 2. The van der Waals surface area contributed by atoms with Crippen molar-refractivity contribution in [2.24, 2.45) is 5.73 Å². The van der Waals surface area contributed by atoms with E-state index in [4.69, 9.17) is 10.5 Å². The van der Waals surface area contributed by atoms with Crippen LogP contribution in [0.2, 0.25) is 0 Å². The van der Waals surface area contributed by atoms with Crippen LogP contribution in [0.15, 0.2) is 36.4 Å². The van der Waals surface area contributed by atoms with E-state index in [0.717, 1.165) is 16.7 Å². The van der Waals surface area contributed by atoms with Crippen LogP contribution in [-0.4, -0.2) is 6.54 Å². The van der Waals surface area contributed by atoms with E-state index in [1.54, 1.807) is 6.07 Å². The number of ether oxygens (including phenoxy) is 1. The van der Waals surface area contributed by atoms with E-state index in [9.17, 15) is 4.39 Å². The summed E-state index contributed by atoms with van der Waals surface area (Å²) in [5.74, 6) is 0.576. The Morgan fingerprint density at radius 1 is 1.05 bits per heavy atom. The lowest BCUT2D eigenvalue weighted by Gasteiger charge is -2.11. The van der Waals surface area contributed by atoms with E-state index >= 15 is 0 Å². The van der Waals surface area contributed by atoms with Crippen LogP contribution in [0.25, 0.3) is 0 Å². The molecule has 0 atom stereocenters. The van der Waals surface area contributed by atoms with E-state index in [2.05, 4.69) is 0 Å². The summed E-state index contributed by atoms with van der Waals surface area (Å²) in [4.78, 5) is 0. The Kier molecular flexibility index (Phi) is 4.17. The molecular formula is C16H18FNO. The Labute approximate surface area is 113 Å². The van der Waals surface area contributed by atoms with Gasteiger partial charge in [0.2, 0.25) is 0 Å². The normalized spacial score (nSPS) is 10.5. The van der Waals surface area contributed by atoms with Gasteiger partial charge in [0, 0.05) is 0 Å². The van der Waals surface area contributed by atoms with Crippen LogP contribution >= 0.6 is 0 Å². The molecule has 0 radical (unpaired) electrons. The molecule has 3 heteroatoms. The van der Waals surface area contributed by atoms with Crippen LogP contribution in [0.4, 0.5) is 4.39 Å². The fourth-order valence-electron chi connectivity index (χ4n) is 1.89. The van der Waals surface area contributed by atoms with Gasteiger partial charge in [-0.1, -0.05) is 18.2 Å². The molecule has 2 aromatic rings. The molecule has 0 saturated carbocycles. The summed E-state index contributed by atoms with van der Waals surface area (Å²) in [7, 11) is 0. The highest BCUT2D eigenvalue weighted by atomic mass is 19.1. The summed E-state index contributed by atoms with van der Waals surface area (Å²) >= 11 is 0. The van der Waals surface area contributed by atoms with Crippen LogP contribution in [0.1, 0.15) is 16.7 Å². The van der Waals surface area contributed by atoms with Crippen molar-refractivity contribution in [1.82, 2.24) is 0 Å². The number of rotatable bonds is 4. The Bertz CT molecular complexity index is 581. The molecule has 0 aliphatic carbocycles. The lowest BCUT2D eigenvalue weighted by molar-refractivity contribution is 0.438. The first kappa shape index (κ1) is 13.6. The van der Waals surface area contributed by atoms with Gasteiger partial charge in [-0.15, -0.1) is 0 Å². The molecule has 2 rings (SSSR count). The minimum absolute atomic E-state index is 0.245. The van der Waals surface area contributed by atoms with Gasteiger partial charge in [-0.05, 0) is 61.7 Å². The van der Waals surface area contributed by atoms with Gasteiger partial charge < -0.3 is 10.5 Å². The van der Waals surface area contributed by atoms with Crippen molar-refractivity contribution in [3.8, 4) is 11.5 Å². The monoisotopic (exact) mass is 259 g/mol. The van der Waals surface area contributed by atoms with E-state index in [1.165, 1.54) is 6.07 Å². The van der Waals surface area contributed by atoms with Gasteiger partial charge in [-0.3, -0.25) is 0 Å². The van der Waals surface area contributed by atoms with Crippen LogP contribution in [0.5, 0.6) is 11.5 Å². The predicted molar refractivity (Wildman–Crippen MR) is 75.1 cm³/mol. The molecule has 0 saturated heterocycles. The molecule has 19 heavy (non-hydrogen) atoms. The van der Waals surface area contributed by atoms with Gasteiger partial charge in [0.05, 0.1) is 0 Å². The molecule has 2 aromatic carbocycles. The van der Waals surface area contributed by atoms with E-state index < -0.39 is 0 Å². The summed E-state index contributed by atoms with van der Waals surface area (Å²) in [6, 6.07) is 10.8. The smallest absolute Gasteiger partial charge is 0.165 e. The number of benzene rings is 2. The first-order valence-corrected chi connectivity index (χ1v) is 6.34. The SMILES string of the molecule is Cc1ccc(C)c(Oc2ccc(CCN)cc2F)c1. The van der Waals surface area contributed by atoms with Gasteiger partial charge in [-0.25, -0.2) is 4.39 Å². The fourth-order valence-corrected chi connectivity index (χ4v) is 1.89. The molecule has 0 unspecified atom stereocenters. The molecular weight excluding hydrogens is 241 g/mol. The summed E-state index contributed by atoms with van der Waals surface area (Å²) in [6.45, 7) is 4.43. The van der Waals surface area contributed by atoms with Crippen LogP contribution in [0, 0.1) is 19.7 Å². The molecule has 0 aliphatic heterocycles. The highest BCUT2D eigenvalue weighted by molar-refractivity contribution is 5.40. The van der Waals surface area contributed by atoms with Crippen molar-refractivity contribution in [3.63, 3.8) is 0 Å². The molecule has 0 fully saturated rings. The second-order valence-electron chi connectivity index (χ2n) is 4.67. The topological polar surface area (TPSA) is 35.2 Å². The molecule has 0 aliphatic rings. The van der Waals surface area contributed by atoms with Crippen molar-refractivity contribution in [1.29, 1.82) is 0 Å². The Morgan fingerprint density at radius 2 is 1.84 bits per heavy atom. The van der Waals surface area contributed by atoms with Crippen molar-refractivity contribution >= 4 is 0 Å². The highest BCUT2D eigenvalue weighted by Crippen LogP contribution is 2.28. The van der Waals surface area contributed by atoms with E-state index in [1.807, 2.05) is 38.1 Å². The third-order valence-electron chi connectivity index (χ3n) is 2.99. The lowest BCUT2D eigenvalue weighted by Crippen LogP contribution is -2.03. The fraction of sp³-hybridized carbons (Fsp3) is 0.250. The molecule has 2 N–H and O–H groups in total. The zero-order valence-electron chi connectivity index (χ0n) is 11.2. The van der Waals surface area contributed by atoms with Crippen molar-refractivity contribution in [3.05, 3.63) is 58.9 Å². The maximum Gasteiger partial charge on any atom is 0.165 e. The van der Waals surface area contributed by atoms with Gasteiger partial charge >= 0.3 is 0 Å².